The molecule has 0 N–H and O–H groups in total. The van der Waals surface area contributed by atoms with Crippen LogP contribution in [0.4, 0.5) is 0 Å². The van der Waals surface area contributed by atoms with Gasteiger partial charge in [-0.2, -0.15) is 0 Å². The second-order valence-corrected chi connectivity index (χ2v) is 9.40. The van der Waals surface area contributed by atoms with Crippen LogP contribution in [-0.4, -0.2) is 12.6 Å². The van der Waals surface area contributed by atoms with Crippen molar-refractivity contribution in [3.63, 3.8) is 0 Å². The SMILES string of the molecule is CCCCCCCCCCCCCCCCOC(=O)c1cccc2c1Cc1ccccc1O2.[Zn]. The Morgan fingerprint density at radius 2 is 1.29 bits per heavy atom. The number of rotatable bonds is 16. The summed E-state index contributed by atoms with van der Waals surface area (Å²) in [5.41, 5.74) is 2.67. The molecule has 0 fully saturated rings. The third kappa shape index (κ3) is 9.53. The zero-order valence-electron chi connectivity index (χ0n) is 21.3. The van der Waals surface area contributed by atoms with Gasteiger partial charge in [-0.25, -0.2) is 4.79 Å². The molecule has 0 bridgehead atoms. The van der Waals surface area contributed by atoms with E-state index in [4.69, 9.17) is 9.47 Å². The smallest absolute Gasteiger partial charge is 0.338 e. The molecule has 0 amide bonds. The van der Waals surface area contributed by atoms with E-state index < -0.39 is 0 Å². The molecule has 3 rings (SSSR count). The summed E-state index contributed by atoms with van der Waals surface area (Å²) < 4.78 is 11.6. The molecule has 182 valence electrons. The third-order valence-electron chi connectivity index (χ3n) is 6.64. The Hall–Kier alpha value is -1.67. The van der Waals surface area contributed by atoms with E-state index in [1.165, 1.54) is 77.0 Å². The number of hydrogen-bond acceptors (Lipinski definition) is 3. The van der Waals surface area contributed by atoms with Gasteiger partial charge in [0.1, 0.15) is 11.5 Å². The second-order valence-electron chi connectivity index (χ2n) is 9.40. The first-order valence-electron chi connectivity index (χ1n) is 13.3. The molecule has 2 aromatic rings. The van der Waals surface area contributed by atoms with E-state index >= 15 is 0 Å². The number of carbonyl (C=O) groups is 1. The van der Waals surface area contributed by atoms with Crippen molar-refractivity contribution in [2.75, 3.05) is 6.61 Å². The summed E-state index contributed by atoms with van der Waals surface area (Å²) in [6.45, 7) is 2.77. The van der Waals surface area contributed by atoms with E-state index in [-0.39, 0.29) is 25.4 Å². The van der Waals surface area contributed by atoms with Gasteiger partial charge in [-0.1, -0.05) is 115 Å². The summed E-state index contributed by atoms with van der Waals surface area (Å²) in [4.78, 5) is 12.7. The molecular weight excluding hydrogens is 474 g/mol. The average Bonchev–Trinajstić information content (AvgIpc) is 2.84. The Kier molecular flexibility index (Phi) is 14.2. The van der Waals surface area contributed by atoms with E-state index in [0.29, 0.717) is 18.6 Å². The Labute approximate surface area is 219 Å². The molecule has 0 aliphatic carbocycles. The van der Waals surface area contributed by atoms with Gasteiger partial charge >= 0.3 is 5.97 Å². The maximum atomic E-state index is 12.7. The van der Waals surface area contributed by atoms with Crippen LogP contribution < -0.4 is 4.74 Å². The van der Waals surface area contributed by atoms with Crippen LogP contribution in [0.25, 0.3) is 0 Å². The summed E-state index contributed by atoms with van der Waals surface area (Å²) in [5, 5.41) is 0. The van der Waals surface area contributed by atoms with E-state index in [2.05, 4.69) is 13.0 Å². The number of carbonyl (C=O) groups excluding carboxylic acids is 1. The van der Waals surface area contributed by atoms with Gasteiger partial charge < -0.3 is 9.47 Å². The van der Waals surface area contributed by atoms with Gasteiger partial charge in [0.2, 0.25) is 0 Å². The molecule has 34 heavy (non-hydrogen) atoms. The van der Waals surface area contributed by atoms with Crippen LogP contribution in [0.5, 0.6) is 11.5 Å². The Morgan fingerprint density at radius 1 is 0.735 bits per heavy atom. The van der Waals surface area contributed by atoms with Crippen LogP contribution in [-0.2, 0) is 30.6 Å². The largest absolute Gasteiger partial charge is 0.462 e. The van der Waals surface area contributed by atoms with Gasteiger partial charge in [-0.3, -0.25) is 0 Å². The van der Waals surface area contributed by atoms with Crippen LogP contribution in [0.1, 0.15) is 118 Å². The minimum absolute atomic E-state index is 0. The molecule has 0 spiro atoms. The van der Waals surface area contributed by atoms with Gasteiger partial charge in [-0.15, -0.1) is 0 Å². The van der Waals surface area contributed by atoms with Crippen molar-refractivity contribution in [1.29, 1.82) is 0 Å². The monoisotopic (exact) mass is 514 g/mol. The van der Waals surface area contributed by atoms with Gasteiger partial charge in [0.25, 0.3) is 0 Å². The molecule has 0 aromatic heterocycles. The average molecular weight is 516 g/mol. The van der Waals surface area contributed by atoms with Crippen molar-refractivity contribution in [3.05, 3.63) is 59.2 Å². The van der Waals surface area contributed by atoms with E-state index in [1.54, 1.807) is 0 Å². The molecule has 4 heteroatoms. The fourth-order valence-electron chi connectivity index (χ4n) is 4.63. The molecule has 0 atom stereocenters. The number of hydrogen-bond donors (Lipinski definition) is 0. The Bertz CT molecular complexity index is 849. The zero-order valence-corrected chi connectivity index (χ0v) is 24.3. The molecule has 3 nitrogen and oxygen atoms in total. The van der Waals surface area contributed by atoms with Crippen LogP contribution >= 0.6 is 0 Å². The van der Waals surface area contributed by atoms with E-state index in [1.807, 2.05) is 36.4 Å². The van der Waals surface area contributed by atoms with Crippen molar-refractivity contribution < 1.29 is 33.7 Å². The van der Waals surface area contributed by atoms with Crippen LogP contribution in [0.15, 0.2) is 42.5 Å². The molecule has 0 saturated carbocycles. The minimum atomic E-state index is -0.232. The predicted molar refractivity (Wildman–Crippen MR) is 136 cm³/mol. The Morgan fingerprint density at radius 3 is 1.94 bits per heavy atom. The van der Waals surface area contributed by atoms with Gasteiger partial charge in [0.05, 0.1) is 12.2 Å². The van der Waals surface area contributed by atoms with Crippen LogP contribution in [0.2, 0.25) is 0 Å². The van der Waals surface area contributed by atoms with Crippen LogP contribution in [0, 0.1) is 0 Å². The summed E-state index contributed by atoms with van der Waals surface area (Å²) in [5.74, 6) is 1.40. The van der Waals surface area contributed by atoms with Gasteiger partial charge in [0.15, 0.2) is 0 Å². The standard InChI is InChI=1S/C30H42O3.Zn/c1-2-3-4-5-6-7-8-9-10-11-12-13-14-17-23-32-30(31)26-20-18-22-29-27(26)24-25-19-15-16-21-28(25)33-29;/h15-16,18-22H,2-14,17,23-24H2,1H3;. The normalized spacial score (nSPS) is 11.7. The number of para-hydroxylation sites is 1. The molecule has 1 aliphatic rings. The van der Waals surface area contributed by atoms with E-state index in [9.17, 15) is 4.79 Å². The second kappa shape index (κ2) is 16.9. The maximum Gasteiger partial charge on any atom is 0.338 e. The molecule has 0 saturated heterocycles. The minimum Gasteiger partial charge on any atom is -0.462 e. The first-order chi connectivity index (χ1) is 16.3. The van der Waals surface area contributed by atoms with Crippen molar-refractivity contribution in [2.24, 2.45) is 0 Å². The molecule has 1 aliphatic heterocycles. The molecule has 0 unspecified atom stereocenters. The molecular formula is C30H42O3Zn. The fraction of sp³-hybridized carbons (Fsp3) is 0.567. The van der Waals surface area contributed by atoms with Crippen molar-refractivity contribution in [3.8, 4) is 11.5 Å². The summed E-state index contributed by atoms with van der Waals surface area (Å²) in [6.07, 6.45) is 19.2. The van der Waals surface area contributed by atoms with Gasteiger partial charge in [0, 0.05) is 31.5 Å². The topological polar surface area (TPSA) is 35.5 Å². The molecule has 2 aromatic carbocycles. The van der Waals surface area contributed by atoms with E-state index in [0.717, 1.165) is 35.5 Å². The number of benzene rings is 2. The number of unbranched alkanes of at least 4 members (excludes halogenated alkanes) is 13. The van der Waals surface area contributed by atoms with Crippen molar-refractivity contribution in [2.45, 2.75) is 103 Å². The van der Waals surface area contributed by atoms with Gasteiger partial charge in [-0.05, 0) is 30.2 Å². The first kappa shape index (κ1) is 28.6. The molecule has 1 heterocycles. The Balaban J connectivity index is 0.00000408. The zero-order chi connectivity index (χ0) is 23.1. The predicted octanol–water partition coefficient (Wildman–Crippen LogP) is 9.02. The number of esters is 1. The van der Waals surface area contributed by atoms with Crippen molar-refractivity contribution >= 4 is 5.97 Å². The molecule has 0 radical (unpaired) electrons. The summed E-state index contributed by atoms with van der Waals surface area (Å²) >= 11 is 0. The third-order valence-corrected chi connectivity index (χ3v) is 6.64. The van der Waals surface area contributed by atoms with Crippen molar-refractivity contribution in [1.82, 2.24) is 0 Å². The summed E-state index contributed by atoms with van der Waals surface area (Å²) in [7, 11) is 0. The number of fused-ring (bicyclic) bond motifs is 2. The van der Waals surface area contributed by atoms with Crippen LogP contribution in [0.3, 0.4) is 0 Å². The number of ether oxygens (including phenoxy) is 2. The quantitative estimate of drug-likeness (QED) is 0.108. The fourth-order valence-corrected chi connectivity index (χ4v) is 4.63. The first-order valence-corrected chi connectivity index (χ1v) is 13.3. The summed E-state index contributed by atoms with van der Waals surface area (Å²) in [6, 6.07) is 13.6. The maximum absolute atomic E-state index is 12.7.